The van der Waals surface area contributed by atoms with Crippen molar-refractivity contribution in [2.45, 2.75) is 44.6 Å². The van der Waals surface area contributed by atoms with Gasteiger partial charge >= 0.3 is 6.03 Å². The number of rotatable bonds is 5. The molecule has 1 spiro atoms. The number of para-hydroxylation sites is 1. The lowest BCUT2D eigenvalue weighted by atomic mass is 9.81. The first-order valence-corrected chi connectivity index (χ1v) is 8.80. The molecule has 1 aliphatic carbocycles. The first-order chi connectivity index (χ1) is 12.0. The number of imide groups is 1. The Morgan fingerprint density at radius 2 is 1.84 bits per heavy atom. The quantitative estimate of drug-likeness (QED) is 0.608. The zero-order valence-electron chi connectivity index (χ0n) is 14.8. The minimum absolute atomic E-state index is 0.0789. The summed E-state index contributed by atoms with van der Waals surface area (Å²) in [6.45, 7) is 1.85. The Kier molecular flexibility index (Phi) is 4.79. The van der Waals surface area contributed by atoms with Crippen LogP contribution in [0.1, 0.15) is 49.4 Å². The Balaban J connectivity index is 1.67. The van der Waals surface area contributed by atoms with Gasteiger partial charge in [-0.25, -0.2) is 4.79 Å². The molecule has 134 valence electrons. The number of ether oxygens (including phenoxy) is 1. The average Bonchev–Trinajstić information content (AvgIpc) is 2.79. The second-order valence-electron chi connectivity index (χ2n) is 6.79. The SMILES string of the molecule is CC(=O)c1ccccc1OCCN1C(=O)N(C)C2(CCCCC2)C1=O. The van der Waals surface area contributed by atoms with Crippen molar-refractivity contribution < 1.29 is 19.1 Å². The van der Waals surface area contributed by atoms with Gasteiger partial charge < -0.3 is 9.64 Å². The van der Waals surface area contributed by atoms with Gasteiger partial charge in [-0.3, -0.25) is 14.5 Å². The van der Waals surface area contributed by atoms with Crippen LogP contribution in [-0.4, -0.2) is 53.3 Å². The number of carbonyl (C=O) groups excluding carboxylic acids is 3. The molecule has 0 atom stereocenters. The molecule has 2 aliphatic rings. The van der Waals surface area contributed by atoms with Crippen LogP contribution in [0.3, 0.4) is 0 Å². The van der Waals surface area contributed by atoms with Crippen LogP contribution in [-0.2, 0) is 4.79 Å². The molecule has 3 rings (SSSR count). The first kappa shape index (κ1) is 17.5. The molecule has 0 N–H and O–H groups in total. The van der Waals surface area contributed by atoms with E-state index in [1.54, 1.807) is 36.2 Å². The number of likely N-dealkylation sites (N-methyl/N-ethyl adjacent to an activating group) is 1. The summed E-state index contributed by atoms with van der Waals surface area (Å²) in [5, 5.41) is 0. The van der Waals surface area contributed by atoms with Gasteiger partial charge in [0.1, 0.15) is 17.9 Å². The topological polar surface area (TPSA) is 66.9 Å². The van der Waals surface area contributed by atoms with Crippen LogP contribution < -0.4 is 4.74 Å². The fraction of sp³-hybridized carbons (Fsp3) is 0.526. The van der Waals surface area contributed by atoms with Crippen LogP contribution in [0, 0.1) is 0 Å². The van der Waals surface area contributed by atoms with Crippen LogP contribution >= 0.6 is 0 Å². The number of hydrogen-bond donors (Lipinski definition) is 0. The lowest BCUT2D eigenvalue weighted by molar-refractivity contribution is -0.134. The van der Waals surface area contributed by atoms with Gasteiger partial charge in [-0.15, -0.1) is 0 Å². The van der Waals surface area contributed by atoms with Crippen molar-refractivity contribution in [3.8, 4) is 5.75 Å². The number of hydrogen-bond acceptors (Lipinski definition) is 4. The highest BCUT2D eigenvalue weighted by Crippen LogP contribution is 2.39. The minimum Gasteiger partial charge on any atom is -0.491 e. The summed E-state index contributed by atoms with van der Waals surface area (Å²) in [4.78, 5) is 39.9. The zero-order valence-corrected chi connectivity index (χ0v) is 14.8. The van der Waals surface area contributed by atoms with Gasteiger partial charge in [-0.05, 0) is 31.9 Å². The number of urea groups is 1. The number of Topliss-reactive ketones (excluding diaryl/α,β-unsaturated/α-hetero) is 1. The zero-order chi connectivity index (χ0) is 18.0. The van der Waals surface area contributed by atoms with Gasteiger partial charge in [0.2, 0.25) is 0 Å². The Bertz CT molecular complexity index is 694. The highest BCUT2D eigenvalue weighted by Gasteiger charge is 2.55. The molecule has 0 unspecified atom stereocenters. The van der Waals surface area contributed by atoms with Crippen LogP contribution in [0.4, 0.5) is 4.79 Å². The van der Waals surface area contributed by atoms with Gasteiger partial charge in [0.05, 0.1) is 12.1 Å². The third-order valence-electron chi connectivity index (χ3n) is 5.32. The van der Waals surface area contributed by atoms with Crippen molar-refractivity contribution in [3.63, 3.8) is 0 Å². The summed E-state index contributed by atoms with van der Waals surface area (Å²) in [5.74, 6) is 0.294. The average molecular weight is 344 g/mol. The van der Waals surface area contributed by atoms with Crippen LogP contribution in [0.5, 0.6) is 5.75 Å². The normalized spacial score (nSPS) is 19.6. The molecule has 25 heavy (non-hydrogen) atoms. The largest absolute Gasteiger partial charge is 0.491 e. The summed E-state index contributed by atoms with van der Waals surface area (Å²) in [6.07, 6.45) is 4.53. The van der Waals surface area contributed by atoms with Crippen LogP contribution in [0.25, 0.3) is 0 Å². The number of amides is 3. The summed E-state index contributed by atoms with van der Waals surface area (Å²) in [6, 6.07) is 6.74. The fourth-order valence-electron chi connectivity index (χ4n) is 3.86. The molecule has 1 aromatic carbocycles. The van der Waals surface area contributed by atoms with E-state index in [0.717, 1.165) is 32.1 Å². The lowest BCUT2D eigenvalue weighted by Gasteiger charge is -2.35. The van der Waals surface area contributed by atoms with E-state index >= 15 is 0 Å². The maximum absolute atomic E-state index is 12.9. The molecule has 3 amide bonds. The second kappa shape index (κ2) is 6.86. The molecular weight excluding hydrogens is 320 g/mol. The molecule has 1 heterocycles. The number of carbonyl (C=O) groups is 3. The van der Waals surface area contributed by atoms with Crippen molar-refractivity contribution in [2.75, 3.05) is 20.2 Å². The summed E-state index contributed by atoms with van der Waals surface area (Å²) >= 11 is 0. The Hall–Kier alpha value is -2.37. The monoisotopic (exact) mass is 344 g/mol. The predicted molar refractivity (Wildman–Crippen MR) is 92.6 cm³/mol. The van der Waals surface area contributed by atoms with E-state index < -0.39 is 5.54 Å². The predicted octanol–water partition coefficient (Wildman–Crippen LogP) is 2.86. The van der Waals surface area contributed by atoms with Gasteiger partial charge in [0.25, 0.3) is 5.91 Å². The highest BCUT2D eigenvalue weighted by atomic mass is 16.5. The van der Waals surface area contributed by atoms with E-state index in [4.69, 9.17) is 4.74 Å². The van der Waals surface area contributed by atoms with Gasteiger partial charge in [0, 0.05) is 7.05 Å². The molecule has 1 aliphatic heterocycles. The molecule has 1 saturated carbocycles. The number of ketones is 1. The van der Waals surface area contributed by atoms with Crippen molar-refractivity contribution in [1.82, 2.24) is 9.80 Å². The standard InChI is InChI=1S/C19H24N2O4/c1-14(22)15-8-4-5-9-16(15)25-13-12-21-17(23)19(20(2)18(21)24)10-6-3-7-11-19/h4-5,8-9H,3,6-7,10-13H2,1-2H3. The fourth-order valence-corrected chi connectivity index (χ4v) is 3.86. The summed E-state index contributed by atoms with van der Waals surface area (Å²) in [7, 11) is 1.72. The molecule has 6 nitrogen and oxygen atoms in total. The molecule has 0 bridgehead atoms. The smallest absolute Gasteiger partial charge is 0.327 e. The van der Waals surface area contributed by atoms with Crippen molar-refractivity contribution in [2.24, 2.45) is 0 Å². The van der Waals surface area contributed by atoms with E-state index in [1.807, 2.05) is 0 Å². The van der Waals surface area contributed by atoms with Crippen molar-refractivity contribution in [1.29, 1.82) is 0 Å². The summed E-state index contributed by atoms with van der Waals surface area (Å²) in [5.41, 5.74) is -0.158. The van der Waals surface area contributed by atoms with Crippen LogP contribution in [0.2, 0.25) is 0 Å². The number of nitrogens with zero attached hydrogens (tertiary/aromatic N) is 2. The minimum atomic E-state index is -0.660. The Morgan fingerprint density at radius 1 is 1.16 bits per heavy atom. The number of benzene rings is 1. The highest BCUT2D eigenvalue weighted by molar-refractivity contribution is 6.07. The Labute approximate surface area is 147 Å². The van der Waals surface area contributed by atoms with Crippen LogP contribution in [0.15, 0.2) is 24.3 Å². The first-order valence-electron chi connectivity index (χ1n) is 8.80. The molecule has 6 heteroatoms. The maximum Gasteiger partial charge on any atom is 0.327 e. The molecule has 0 aromatic heterocycles. The van der Waals surface area contributed by atoms with E-state index in [1.165, 1.54) is 11.8 Å². The van der Waals surface area contributed by atoms with Gasteiger partial charge in [0.15, 0.2) is 5.78 Å². The van der Waals surface area contributed by atoms with Crippen molar-refractivity contribution >= 4 is 17.7 Å². The van der Waals surface area contributed by atoms with Crippen molar-refractivity contribution in [3.05, 3.63) is 29.8 Å². The van der Waals surface area contributed by atoms with Gasteiger partial charge in [-0.1, -0.05) is 31.4 Å². The summed E-state index contributed by atoms with van der Waals surface area (Å²) < 4.78 is 5.68. The van der Waals surface area contributed by atoms with E-state index in [2.05, 4.69) is 0 Å². The lowest BCUT2D eigenvalue weighted by Crippen LogP contribution is -2.49. The van der Waals surface area contributed by atoms with E-state index in [9.17, 15) is 14.4 Å². The second-order valence-corrected chi connectivity index (χ2v) is 6.79. The molecule has 1 saturated heterocycles. The molecule has 0 radical (unpaired) electrons. The molecule has 1 aromatic rings. The molecule has 2 fully saturated rings. The van der Waals surface area contributed by atoms with E-state index in [-0.39, 0.29) is 30.9 Å². The molecular formula is C19H24N2O4. The van der Waals surface area contributed by atoms with E-state index in [0.29, 0.717) is 11.3 Å². The Morgan fingerprint density at radius 3 is 2.52 bits per heavy atom. The third-order valence-corrected chi connectivity index (χ3v) is 5.32. The third kappa shape index (κ3) is 3.01. The van der Waals surface area contributed by atoms with Gasteiger partial charge in [-0.2, -0.15) is 0 Å². The maximum atomic E-state index is 12.9.